The molecule has 0 aromatic heterocycles. The molecule has 0 heterocycles. The zero-order valence-electron chi connectivity index (χ0n) is 10.3. The molecule has 1 saturated carbocycles. The van der Waals surface area contributed by atoms with E-state index < -0.39 is 5.72 Å². The number of isocyanates is 1. The lowest BCUT2D eigenvalue weighted by Gasteiger charge is -2.47. The quantitative estimate of drug-likeness (QED) is 0.410. The number of aliphatic imine (C=N–C) groups is 1. The fraction of sp³-hybridized carbons (Fsp3) is 0.833. The highest BCUT2D eigenvalue weighted by molar-refractivity contribution is 5.34. The summed E-state index contributed by atoms with van der Waals surface area (Å²) in [6.45, 7) is 8.40. The maximum atomic E-state index is 10.5. The van der Waals surface area contributed by atoms with Gasteiger partial charge in [0.05, 0.1) is 0 Å². The van der Waals surface area contributed by atoms with Crippen LogP contribution in [0.1, 0.15) is 47.0 Å². The van der Waals surface area contributed by atoms with Crippen molar-refractivity contribution >= 4 is 6.08 Å². The molecule has 0 N–H and O–H groups in total. The summed E-state index contributed by atoms with van der Waals surface area (Å²) in [6, 6.07) is 0. The van der Waals surface area contributed by atoms with E-state index in [-0.39, 0.29) is 10.8 Å². The van der Waals surface area contributed by atoms with Crippen molar-refractivity contribution in [1.29, 1.82) is 5.26 Å². The topological polar surface area (TPSA) is 62.4 Å². The second kappa shape index (κ2) is 3.92. The lowest BCUT2D eigenvalue weighted by molar-refractivity contribution is -0.0802. The number of carbonyl (C=O) groups excluding carboxylic acids is 1. The Morgan fingerprint density at radius 1 is 1.12 bits per heavy atom. The third kappa shape index (κ3) is 2.84. The van der Waals surface area contributed by atoms with Gasteiger partial charge in [-0.15, -0.1) is 0 Å². The van der Waals surface area contributed by atoms with Crippen LogP contribution in [0.5, 0.6) is 0 Å². The summed E-state index contributed by atoms with van der Waals surface area (Å²) in [5.41, 5.74) is -1.01. The average Bonchev–Trinajstić information content (AvgIpc) is 1.97. The Kier molecular flexibility index (Phi) is 3.12. The van der Waals surface area contributed by atoms with Crippen LogP contribution in [0.3, 0.4) is 0 Å². The van der Waals surface area contributed by atoms with Crippen LogP contribution in [0.4, 0.5) is 0 Å². The van der Waals surface area contributed by atoms with Crippen LogP contribution < -0.4 is 0 Å². The van der Waals surface area contributed by atoms with E-state index in [1.807, 2.05) is 0 Å². The van der Waals surface area contributed by atoms with Gasteiger partial charge in [0, 0.05) is 12.8 Å². The Morgan fingerprint density at radius 3 is 2.00 bits per heavy atom. The van der Waals surface area contributed by atoms with Crippen molar-refractivity contribution in [2.24, 2.45) is 15.8 Å². The van der Waals surface area contributed by atoms with Gasteiger partial charge < -0.3 is 4.74 Å². The lowest BCUT2D eigenvalue weighted by atomic mass is 9.62. The second-order valence-electron chi connectivity index (χ2n) is 6.20. The summed E-state index contributed by atoms with van der Waals surface area (Å²) in [5.74, 6) is 0. The van der Waals surface area contributed by atoms with Crippen molar-refractivity contribution in [2.45, 2.75) is 52.7 Å². The molecule has 4 heteroatoms. The largest absolute Gasteiger partial charge is 0.396 e. The van der Waals surface area contributed by atoms with Crippen molar-refractivity contribution in [3.63, 3.8) is 0 Å². The number of rotatable bonds is 2. The standard InChI is InChI=1S/C12H18N2O2/c1-10(2)5-11(3,4)7-12(6-10,14-9-15)16-8-13/h5-7H2,1-4H3. The third-order valence-electron chi connectivity index (χ3n) is 2.95. The molecule has 0 saturated heterocycles. The van der Waals surface area contributed by atoms with Crippen LogP contribution in [0.25, 0.3) is 0 Å². The molecule has 88 valence electrons. The molecule has 0 atom stereocenters. The minimum Gasteiger partial charge on any atom is -0.396 e. The molecule has 0 bridgehead atoms. The van der Waals surface area contributed by atoms with Crippen LogP contribution in [0.15, 0.2) is 4.99 Å². The fourth-order valence-corrected chi connectivity index (χ4v) is 3.32. The molecular formula is C12H18N2O2. The fourth-order valence-electron chi connectivity index (χ4n) is 3.32. The zero-order chi connectivity index (χ0) is 12.4. The molecule has 1 fully saturated rings. The highest BCUT2D eigenvalue weighted by Gasteiger charge is 2.49. The highest BCUT2D eigenvalue weighted by atomic mass is 16.5. The Bertz CT molecular complexity index is 344. The molecule has 0 aromatic rings. The summed E-state index contributed by atoms with van der Waals surface area (Å²) >= 11 is 0. The molecule has 1 aliphatic rings. The molecule has 4 nitrogen and oxygen atoms in total. The van der Waals surface area contributed by atoms with E-state index >= 15 is 0 Å². The van der Waals surface area contributed by atoms with Gasteiger partial charge in [0.25, 0.3) is 6.26 Å². The van der Waals surface area contributed by atoms with E-state index in [1.165, 1.54) is 6.08 Å². The Morgan fingerprint density at radius 2 is 1.62 bits per heavy atom. The summed E-state index contributed by atoms with van der Waals surface area (Å²) < 4.78 is 5.06. The van der Waals surface area contributed by atoms with Gasteiger partial charge in [-0.1, -0.05) is 27.7 Å². The van der Waals surface area contributed by atoms with Gasteiger partial charge >= 0.3 is 0 Å². The van der Waals surface area contributed by atoms with E-state index in [4.69, 9.17) is 10.00 Å². The molecule has 1 rings (SSSR count). The van der Waals surface area contributed by atoms with Crippen molar-refractivity contribution in [3.05, 3.63) is 0 Å². The maximum Gasteiger partial charge on any atom is 0.288 e. The van der Waals surface area contributed by atoms with Crippen molar-refractivity contribution in [3.8, 4) is 6.26 Å². The molecule has 0 amide bonds. The molecule has 16 heavy (non-hydrogen) atoms. The van der Waals surface area contributed by atoms with E-state index in [1.54, 1.807) is 6.26 Å². The Balaban J connectivity index is 3.10. The first-order chi connectivity index (χ1) is 7.24. The predicted molar refractivity (Wildman–Crippen MR) is 59.0 cm³/mol. The van der Waals surface area contributed by atoms with Crippen molar-refractivity contribution in [1.82, 2.24) is 0 Å². The van der Waals surface area contributed by atoms with Crippen LogP contribution in [0.2, 0.25) is 0 Å². The van der Waals surface area contributed by atoms with Gasteiger partial charge in [-0.2, -0.15) is 10.3 Å². The first kappa shape index (κ1) is 12.7. The summed E-state index contributed by atoms with van der Waals surface area (Å²) in [7, 11) is 0. The average molecular weight is 222 g/mol. The van der Waals surface area contributed by atoms with Crippen LogP contribution in [-0.4, -0.2) is 11.8 Å². The minimum absolute atomic E-state index is 0.00104. The predicted octanol–water partition coefficient (Wildman–Crippen LogP) is 2.75. The van der Waals surface area contributed by atoms with E-state index in [2.05, 4.69) is 32.7 Å². The smallest absolute Gasteiger partial charge is 0.288 e. The van der Waals surface area contributed by atoms with Crippen molar-refractivity contribution in [2.75, 3.05) is 0 Å². The SMILES string of the molecule is CC1(C)CC(C)(C)CC(N=C=O)(OC#N)C1. The molecule has 0 aromatic carbocycles. The molecule has 0 unspecified atom stereocenters. The maximum absolute atomic E-state index is 10.5. The van der Waals surface area contributed by atoms with Crippen LogP contribution >= 0.6 is 0 Å². The summed E-state index contributed by atoms with van der Waals surface area (Å²) in [5, 5.41) is 8.69. The number of ether oxygens (including phenoxy) is 1. The van der Waals surface area contributed by atoms with Gasteiger partial charge in [0.1, 0.15) is 0 Å². The Labute approximate surface area is 96.3 Å². The number of hydrogen-bond donors (Lipinski definition) is 0. The van der Waals surface area contributed by atoms with Crippen molar-refractivity contribution < 1.29 is 9.53 Å². The van der Waals surface area contributed by atoms with Crippen LogP contribution in [-0.2, 0) is 9.53 Å². The molecule has 0 radical (unpaired) electrons. The van der Waals surface area contributed by atoms with Crippen LogP contribution in [0, 0.1) is 22.3 Å². The summed E-state index contributed by atoms with van der Waals surface area (Å²) in [6.07, 6.45) is 5.37. The normalized spacial score (nSPS) is 24.9. The van der Waals surface area contributed by atoms with E-state index in [0.29, 0.717) is 12.8 Å². The van der Waals surface area contributed by atoms with E-state index in [9.17, 15) is 4.79 Å². The third-order valence-corrected chi connectivity index (χ3v) is 2.95. The molecule has 1 aliphatic carbocycles. The highest BCUT2D eigenvalue weighted by Crippen LogP contribution is 2.51. The first-order valence-electron chi connectivity index (χ1n) is 5.40. The monoisotopic (exact) mass is 222 g/mol. The minimum atomic E-state index is -1.01. The number of nitrogens with zero attached hydrogens (tertiary/aromatic N) is 2. The lowest BCUT2D eigenvalue weighted by Crippen LogP contribution is -2.46. The number of hydrogen-bond acceptors (Lipinski definition) is 4. The van der Waals surface area contributed by atoms with Gasteiger partial charge in [-0.3, -0.25) is 0 Å². The number of nitriles is 1. The zero-order valence-corrected chi connectivity index (χ0v) is 10.3. The Hall–Kier alpha value is -1.33. The summed E-state index contributed by atoms with van der Waals surface area (Å²) in [4.78, 5) is 14.2. The van der Waals surface area contributed by atoms with Gasteiger partial charge in [0.15, 0.2) is 0 Å². The molecular weight excluding hydrogens is 204 g/mol. The first-order valence-corrected chi connectivity index (χ1v) is 5.40. The molecule has 0 aliphatic heterocycles. The second-order valence-corrected chi connectivity index (χ2v) is 6.20. The molecule has 0 spiro atoms. The van der Waals surface area contributed by atoms with Gasteiger partial charge in [-0.25, -0.2) is 4.79 Å². The van der Waals surface area contributed by atoms with E-state index in [0.717, 1.165) is 6.42 Å². The van der Waals surface area contributed by atoms with Gasteiger partial charge in [0.2, 0.25) is 11.8 Å². The van der Waals surface area contributed by atoms with Gasteiger partial charge in [-0.05, 0) is 17.3 Å².